The SMILES string of the molecule is NC1CCCCN(Cc2noc(-c3ccccc3)n2)C1. The highest BCUT2D eigenvalue weighted by atomic mass is 16.5. The average molecular weight is 272 g/mol. The first-order valence-electron chi connectivity index (χ1n) is 7.17. The molecule has 1 fully saturated rings. The molecule has 5 nitrogen and oxygen atoms in total. The van der Waals surface area contributed by atoms with Crippen molar-refractivity contribution in [2.45, 2.75) is 31.8 Å². The van der Waals surface area contributed by atoms with Crippen LogP contribution in [0.5, 0.6) is 0 Å². The lowest BCUT2D eigenvalue weighted by Crippen LogP contribution is -2.35. The van der Waals surface area contributed by atoms with Crippen LogP contribution >= 0.6 is 0 Å². The predicted octanol–water partition coefficient (Wildman–Crippen LogP) is 2.05. The van der Waals surface area contributed by atoms with Gasteiger partial charge in [-0.15, -0.1) is 0 Å². The molecule has 3 rings (SSSR count). The van der Waals surface area contributed by atoms with Gasteiger partial charge < -0.3 is 10.3 Å². The number of nitrogens with zero attached hydrogens (tertiary/aromatic N) is 3. The van der Waals surface area contributed by atoms with E-state index in [0.717, 1.165) is 30.9 Å². The van der Waals surface area contributed by atoms with Crippen LogP contribution < -0.4 is 5.73 Å². The van der Waals surface area contributed by atoms with Crippen LogP contribution in [0.15, 0.2) is 34.9 Å². The molecule has 0 saturated carbocycles. The fraction of sp³-hybridized carbons (Fsp3) is 0.467. The van der Waals surface area contributed by atoms with Gasteiger partial charge in [-0.05, 0) is 31.5 Å². The fourth-order valence-corrected chi connectivity index (χ4v) is 2.62. The van der Waals surface area contributed by atoms with Gasteiger partial charge in [-0.3, -0.25) is 4.90 Å². The minimum absolute atomic E-state index is 0.262. The Hall–Kier alpha value is -1.72. The summed E-state index contributed by atoms with van der Waals surface area (Å²) >= 11 is 0. The molecule has 5 heteroatoms. The fourth-order valence-electron chi connectivity index (χ4n) is 2.62. The second-order valence-corrected chi connectivity index (χ2v) is 5.37. The molecule has 2 aromatic rings. The summed E-state index contributed by atoms with van der Waals surface area (Å²) in [5.41, 5.74) is 7.03. The van der Waals surface area contributed by atoms with Crippen molar-refractivity contribution in [1.29, 1.82) is 0 Å². The quantitative estimate of drug-likeness (QED) is 0.926. The van der Waals surface area contributed by atoms with Crippen molar-refractivity contribution in [2.24, 2.45) is 5.73 Å². The van der Waals surface area contributed by atoms with Crippen LogP contribution in [0, 0.1) is 0 Å². The van der Waals surface area contributed by atoms with Crippen LogP contribution in [0.4, 0.5) is 0 Å². The van der Waals surface area contributed by atoms with Crippen molar-refractivity contribution in [3.63, 3.8) is 0 Å². The maximum absolute atomic E-state index is 6.07. The molecular weight excluding hydrogens is 252 g/mol. The molecule has 106 valence electrons. The van der Waals surface area contributed by atoms with Gasteiger partial charge in [-0.2, -0.15) is 4.98 Å². The highest BCUT2D eigenvalue weighted by molar-refractivity contribution is 5.51. The van der Waals surface area contributed by atoms with Crippen LogP contribution in [0.25, 0.3) is 11.5 Å². The van der Waals surface area contributed by atoms with Gasteiger partial charge in [0.25, 0.3) is 5.89 Å². The van der Waals surface area contributed by atoms with E-state index in [1.165, 1.54) is 12.8 Å². The number of rotatable bonds is 3. The van der Waals surface area contributed by atoms with E-state index < -0.39 is 0 Å². The average Bonchev–Trinajstić information content (AvgIpc) is 2.83. The maximum Gasteiger partial charge on any atom is 0.257 e. The third-order valence-electron chi connectivity index (χ3n) is 3.65. The summed E-state index contributed by atoms with van der Waals surface area (Å²) in [5.74, 6) is 1.32. The third kappa shape index (κ3) is 3.23. The Labute approximate surface area is 118 Å². The van der Waals surface area contributed by atoms with Crippen molar-refractivity contribution >= 4 is 0 Å². The van der Waals surface area contributed by atoms with Gasteiger partial charge in [-0.25, -0.2) is 0 Å². The van der Waals surface area contributed by atoms with E-state index >= 15 is 0 Å². The third-order valence-corrected chi connectivity index (χ3v) is 3.65. The van der Waals surface area contributed by atoms with Crippen molar-refractivity contribution < 1.29 is 4.52 Å². The zero-order valence-corrected chi connectivity index (χ0v) is 11.5. The van der Waals surface area contributed by atoms with E-state index in [-0.39, 0.29) is 6.04 Å². The summed E-state index contributed by atoms with van der Waals surface area (Å²) in [5, 5.41) is 4.07. The predicted molar refractivity (Wildman–Crippen MR) is 76.8 cm³/mol. The second kappa shape index (κ2) is 6.15. The number of likely N-dealkylation sites (tertiary alicyclic amines) is 1. The molecule has 1 unspecified atom stereocenters. The molecule has 1 aromatic carbocycles. The van der Waals surface area contributed by atoms with E-state index in [1.54, 1.807) is 0 Å². The summed E-state index contributed by atoms with van der Waals surface area (Å²) < 4.78 is 5.33. The molecule has 2 heterocycles. The molecule has 0 aliphatic carbocycles. The van der Waals surface area contributed by atoms with Crippen LogP contribution in [0.1, 0.15) is 25.1 Å². The van der Waals surface area contributed by atoms with Gasteiger partial charge in [0.05, 0.1) is 6.54 Å². The lowest BCUT2D eigenvalue weighted by atomic mass is 10.2. The van der Waals surface area contributed by atoms with Crippen LogP contribution in [0.3, 0.4) is 0 Å². The second-order valence-electron chi connectivity index (χ2n) is 5.37. The van der Waals surface area contributed by atoms with Crippen molar-refractivity contribution in [2.75, 3.05) is 13.1 Å². The Balaban J connectivity index is 1.68. The Morgan fingerprint density at radius 2 is 2.10 bits per heavy atom. The van der Waals surface area contributed by atoms with Crippen molar-refractivity contribution in [3.8, 4) is 11.5 Å². The van der Waals surface area contributed by atoms with Gasteiger partial charge in [0, 0.05) is 18.2 Å². The van der Waals surface area contributed by atoms with Gasteiger partial charge >= 0.3 is 0 Å². The lowest BCUT2D eigenvalue weighted by molar-refractivity contribution is 0.254. The van der Waals surface area contributed by atoms with Gasteiger partial charge in [-0.1, -0.05) is 29.8 Å². The Kier molecular flexibility index (Phi) is 4.08. The van der Waals surface area contributed by atoms with Crippen molar-refractivity contribution in [1.82, 2.24) is 15.0 Å². The zero-order valence-electron chi connectivity index (χ0n) is 11.5. The molecule has 2 N–H and O–H groups in total. The first-order chi connectivity index (χ1) is 9.81. The number of nitrogens with two attached hydrogens (primary N) is 1. The topological polar surface area (TPSA) is 68.2 Å². The zero-order chi connectivity index (χ0) is 13.8. The van der Waals surface area contributed by atoms with Crippen LogP contribution in [0.2, 0.25) is 0 Å². The van der Waals surface area contributed by atoms with E-state index in [1.807, 2.05) is 30.3 Å². The molecule has 0 bridgehead atoms. The number of hydrogen-bond donors (Lipinski definition) is 1. The first-order valence-corrected chi connectivity index (χ1v) is 7.17. The molecule has 1 saturated heterocycles. The molecule has 0 amide bonds. The van der Waals surface area contributed by atoms with E-state index in [4.69, 9.17) is 10.3 Å². The smallest absolute Gasteiger partial charge is 0.257 e. The van der Waals surface area contributed by atoms with Gasteiger partial charge in [0.15, 0.2) is 5.82 Å². The van der Waals surface area contributed by atoms with E-state index in [0.29, 0.717) is 12.4 Å². The van der Waals surface area contributed by atoms with Crippen LogP contribution in [-0.2, 0) is 6.54 Å². The monoisotopic (exact) mass is 272 g/mol. The molecule has 1 atom stereocenters. The number of hydrogen-bond acceptors (Lipinski definition) is 5. The molecular formula is C15H20N4O. The highest BCUT2D eigenvalue weighted by Gasteiger charge is 2.17. The van der Waals surface area contributed by atoms with Gasteiger partial charge in [0.2, 0.25) is 0 Å². The lowest BCUT2D eigenvalue weighted by Gasteiger charge is -2.20. The summed E-state index contributed by atoms with van der Waals surface area (Å²) in [7, 11) is 0. The van der Waals surface area contributed by atoms with E-state index in [9.17, 15) is 0 Å². The Morgan fingerprint density at radius 3 is 2.95 bits per heavy atom. The minimum atomic E-state index is 0.262. The van der Waals surface area contributed by atoms with Gasteiger partial charge in [0.1, 0.15) is 0 Å². The summed E-state index contributed by atoms with van der Waals surface area (Å²) in [4.78, 5) is 6.79. The van der Waals surface area contributed by atoms with Crippen LogP contribution in [-0.4, -0.2) is 34.2 Å². The molecule has 0 radical (unpaired) electrons. The number of aromatic nitrogens is 2. The molecule has 0 spiro atoms. The Morgan fingerprint density at radius 1 is 1.25 bits per heavy atom. The molecule has 1 aliphatic rings. The minimum Gasteiger partial charge on any atom is -0.334 e. The van der Waals surface area contributed by atoms with Crippen molar-refractivity contribution in [3.05, 3.63) is 36.2 Å². The number of benzene rings is 1. The van der Waals surface area contributed by atoms with E-state index in [2.05, 4.69) is 15.0 Å². The highest BCUT2D eigenvalue weighted by Crippen LogP contribution is 2.17. The first kappa shape index (κ1) is 13.3. The standard InChI is InChI=1S/C15H20N4O/c16-13-8-4-5-9-19(10-13)11-14-17-15(20-18-14)12-6-2-1-3-7-12/h1-3,6-7,13H,4-5,8-11,16H2. The maximum atomic E-state index is 6.07. The summed E-state index contributed by atoms with van der Waals surface area (Å²) in [6.45, 7) is 2.68. The normalized spacial score (nSPS) is 20.8. The largest absolute Gasteiger partial charge is 0.334 e. The summed E-state index contributed by atoms with van der Waals surface area (Å²) in [6.07, 6.45) is 3.51. The molecule has 1 aliphatic heterocycles. The molecule has 20 heavy (non-hydrogen) atoms. The molecule has 1 aromatic heterocycles. The Bertz CT molecular complexity index is 540. The summed E-state index contributed by atoms with van der Waals surface area (Å²) in [6, 6.07) is 10.1.